The normalized spacial score (nSPS) is 20.9. The number of halogens is 1. The van der Waals surface area contributed by atoms with E-state index in [2.05, 4.69) is 36.2 Å². The predicted octanol–water partition coefficient (Wildman–Crippen LogP) is 6.74. The van der Waals surface area contributed by atoms with Crippen molar-refractivity contribution >= 4 is 0 Å². The maximum absolute atomic E-state index is 13.3. The first-order chi connectivity index (χ1) is 11.8. The molecule has 1 heterocycles. The lowest BCUT2D eigenvalue weighted by Crippen LogP contribution is -2.13. The molecule has 0 spiro atoms. The minimum absolute atomic E-state index is 0.419. The van der Waals surface area contributed by atoms with Crippen LogP contribution in [0.5, 0.6) is 0 Å². The van der Waals surface area contributed by atoms with E-state index in [1.54, 1.807) is 6.07 Å². The molecule has 2 aromatic rings. The topological polar surface area (TPSA) is 12.9 Å². The Labute approximate surface area is 145 Å². The molecule has 1 aliphatic carbocycles. The van der Waals surface area contributed by atoms with Gasteiger partial charge in [0.1, 0.15) is 0 Å². The Balaban J connectivity index is 1.57. The van der Waals surface area contributed by atoms with Crippen molar-refractivity contribution in [2.24, 2.45) is 5.92 Å². The first-order valence-corrected chi connectivity index (χ1v) is 9.49. The number of nitrogens with zero attached hydrogens (tertiary/aromatic N) is 1. The molecule has 3 rings (SSSR count). The lowest BCUT2D eigenvalue weighted by molar-refractivity contribution is 0.303. The number of aromatic nitrogens is 1. The number of hydrogen-bond acceptors (Lipinski definition) is 1. The highest BCUT2D eigenvalue weighted by Gasteiger charge is 2.22. The minimum atomic E-state index is -0.419. The molecule has 1 aromatic carbocycles. The van der Waals surface area contributed by atoms with E-state index in [-0.39, 0.29) is 0 Å². The second-order valence-electron chi connectivity index (χ2n) is 7.18. The summed E-state index contributed by atoms with van der Waals surface area (Å²) in [6.45, 7) is 2.28. The fraction of sp³-hybridized carbons (Fsp3) is 0.500. The average Bonchev–Trinajstić information content (AvgIpc) is 2.63. The van der Waals surface area contributed by atoms with Gasteiger partial charge in [0.25, 0.3) is 0 Å². The van der Waals surface area contributed by atoms with E-state index < -0.39 is 5.95 Å². The number of hydrogen-bond donors (Lipinski definition) is 0. The van der Waals surface area contributed by atoms with E-state index in [9.17, 15) is 4.39 Å². The summed E-state index contributed by atoms with van der Waals surface area (Å²) in [6.07, 6.45) is 10.9. The molecule has 1 aromatic heterocycles. The van der Waals surface area contributed by atoms with E-state index in [0.29, 0.717) is 11.6 Å². The Morgan fingerprint density at radius 3 is 2.38 bits per heavy atom. The summed E-state index contributed by atoms with van der Waals surface area (Å²) in [5.74, 6) is 1.23. The number of unbranched alkanes of at least 4 members (excludes halogenated alkanes) is 2. The predicted molar refractivity (Wildman–Crippen MR) is 98.5 cm³/mol. The van der Waals surface area contributed by atoms with Crippen LogP contribution in [0.15, 0.2) is 42.5 Å². The van der Waals surface area contributed by atoms with Gasteiger partial charge < -0.3 is 0 Å². The van der Waals surface area contributed by atoms with Gasteiger partial charge in [-0.2, -0.15) is 4.39 Å². The SMILES string of the molecule is CCCCCC1CCC(c2ccc(-c3cccc(F)n3)cc2)CC1. The highest BCUT2D eigenvalue weighted by atomic mass is 19.1. The zero-order valence-electron chi connectivity index (χ0n) is 14.7. The van der Waals surface area contributed by atoms with Gasteiger partial charge in [0.2, 0.25) is 5.95 Å². The molecule has 128 valence electrons. The van der Waals surface area contributed by atoms with Crippen molar-refractivity contribution in [3.63, 3.8) is 0 Å². The number of benzene rings is 1. The fourth-order valence-electron chi connectivity index (χ4n) is 3.96. The van der Waals surface area contributed by atoms with Crippen molar-refractivity contribution in [3.05, 3.63) is 54.0 Å². The van der Waals surface area contributed by atoms with Crippen LogP contribution in [0.25, 0.3) is 11.3 Å². The maximum atomic E-state index is 13.3. The third-order valence-corrected chi connectivity index (χ3v) is 5.46. The lowest BCUT2D eigenvalue weighted by atomic mass is 9.77. The monoisotopic (exact) mass is 325 g/mol. The molecule has 0 atom stereocenters. The van der Waals surface area contributed by atoms with Crippen LogP contribution in [0.4, 0.5) is 4.39 Å². The van der Waals surface area contributed by atoms with Crippen LogP contribution < -0.4 is 0 Å². The molecule has 1 saturated carbocycles. The number of rotatable bonds is 6. The Morgan fingerprint density at radius 2 is 1.71 bits per heavy atom. The first kappa shape index (κ1) is 17.1. The van der Waals surface area contributed by atoms with Gasteiger partial charge in [0.15, 0.2) is 0 Å². The molecule has 0 N–H and O–H groups in total. The molecule has 1 aliphatic rings. The summed E-state index contributed by atoms with van der Waals surface area (Å²) in [4.78, 5) is 3.96. The third kappa shape index (κ3) is 4.43. The first-order valence-electron chi connectivity index (χ1n) is 9.49. The molecular weight excluding hydrogens is 297 g/mol. The molecule has 0 aliphatic heterocycles. The van der Waals surface area contributed by atoms with Crippen LogP contribution in [0, 0.1) is 11.9 Å². The van der Waals surface area contributed by atoms with Crippen LogP contribution in [-0.2, 0) is 0 Å². The molecule has 2 heteroatoms. The van der Waals surface area contributed by atoms with Crippen LogP contribution in [-0.4, -0.2) is 4.98 Å². The molecule has 0 bridgehead atoms. The lowest BCUT2D eigenvalue weighted by Gasteiger charge is -2.29. The standard InChI is InChI=1S/C22H28FN/c1-2-3-4-6-17-9-11-18(12-10-17)19-13-15-20(16-14-19)21-7-5-8-22(23)24-21/h5,7-8,13-18H,2-4,6,9-12H2,1H3. The summed E-state index contributed by atoms with van der Waals surface area (Å²) < 4.78 is 13.3. The van der Waals surface area contributed by atoms with Crippen molar-refractivity contribution in [2.75, 3.05) is 0 Å². The smallest absolute Gasteiger partial charge is 0.213 e. The van der Waals surface area contributed by atoms with E-state index >= 15 is 0 Å². The highest BCUT2D eigenvalue weighted by molar-refractivity contribution is 5.59. The van der Waals surface area contributed by atoms with Crippen molar-refractivity contribution in [2.45, 2.75) is 64.2 Å². The Morgan fingerprint density at radius 1 is 0.958 bits per heavy atom. The Hall–Kier alpha value is -1.70. The Kier molecular flexibility index (Phi) is 6.01. The minimum Gasteiger partial charge on any atom is -0.220 e. The maximum Gasteiger partial charge on any atom is 0.213 e. The summed E-state index contributed by atoms with van der Waals surface area (Å²) >= 11 is 0. The van der Waals surface area contributed by atoms with Gasteiger partial charge in [0, 0.05) is 5.56 Å². The van der Waals surface area contributed by atoms with Gasteiger partial charge in [0.05, 0.1) is 5.69 Å². The van der Waals surface area contributed by atoms with E-state index in [1.165, 1.54) is 63.0 Å². The second-order valence-corrected chi connectivity index (χ2v) is 7.18. The quantitative estimate of drug-likeness (QED) is 0.423. The van der Waals surface area contributed by atoms with Crippen LogP contribution in [0.3, 0.4) is 0 Å². The van der Waals surface area contributed by atoms with Gasteiger partial charge in [-0.15, -0.1) is 0 Å². The molecule has 0 saturated heterocycles. The van der Waals surface area contributed by atoms with Crippen molar-refractivity contribution in [1.82, 2.24) is 4.98 Å². The molecule has 0 unspecified atom stereocenters. The van der Waals surface area contributed by atoms with Crippen LogP contribution >= 0.6 is 0 Å². The van der Waals surface area contributed by atoms with Crippen molar-refractivity contribution < 1.29 is 4.39 Å². The Bertz CT molecular complexity index is 627. The molecule has 24 heavy (non-hydrogen) atoms. The molecule has 0 amide bonds. The van der Waals surface area contributed by atoms with Crippen molar-refractivity contribution in [1.29, 1.82) is 0 Å². The van der Waals surface area contributed by atoms with E-state index in [4.69, 9.17) is 0 Å². The molecule has 1 fully saturated rings. The van der Waals surface area contributed by atoms with Gasteiger partial charge in [-0.25, -0.2) is 4.98 Å². The third-order valence-electron chi connectivity index (χ3n) is 5.46. The van der Waals surface area contributed by atoms with Gasteiger partial charge in [-0.1, -0.05) is 62.9 Å². The average molecular weight is 325 g/mol. The summed E-state index contributed by atoms with van der Waals surface area (Å²) in [7, 11) is 0. The zero-order valence-corrected chi connectivity index (χ0v) is 14.7. The highest BCUT2D eigenvalue weighted by Crippen LogP contribution is 2.38. The van der Waals surface area contributed by atoms with E-state index in [0.717, 1.165) is 11.5 Å². The summed E-state index contributed by atoms with van der Waals surface area (Å²) in [6, 6.07) is 13.6. The van der Waals surface area contributed by atoms with Gasteiger partial charge in [-0.05, 0) is 55.2 Å². The fourth-order valence-corrected chi connectivity index (χ4v) is 3.96. The number of pyridine rings is 1. The largest absolute Gasteiger partial charge is 0.220 e. The summed E-state index contributed by atoms with van der Waals surface area (Å²) in [5.41, 5.74) is 3.13. The van der Waals surface area contributed by atoms with Crippen LogP contribution in [0.1, 0.15) is 69.8 Å². The molecular formula is C22H28FN. The molecule has 0 radical (unpaired) electrons. The molecule has 1 nitrogen and oxygen atoms in total. The van der Waals surface area contributed by atoms with Crippen molar-refractivity contribution in [3.8, 4) is 11.3 Å². The second kappa shape index (κ2) is 8.41. The van der Waals surface area contributed by atoms with Gasteiger partial charge >= 0.3 is 0 Å². The van der Waals surface area contributed by atoms with Gasteiger partial charge in [-0.3, -0.25) is 0 Å². The van der Waals surface area contributed by atoms with Crippen LogP contribution in [0.2, 0.25) is 0 Å². The summed E-state index contributed by atoms with van der Waals surface area (Å²) in [5, 5.41) is 0. The zero-order chi connectivity index (χ0) is 16.8. The van der Waals surface area contributed by atoms with E-state index in [1.807, 2.05) is 6.07 Å².